The minimum absolute atomic E-state index is 0.109. The van der Waals surface area contributed by atoms with Crippen LogP contribution in [0.4, 0.5) is 11.5 Å². The first-order valence-electron chi connectivity index (χ1n) is 9.49. The first-order valence-corrected chi connectivity index (χ1v) is 9.49. The van der Waals surface area contributed by atoms with Crippen molar-refractivity contribution in [2.24, 2.45) is 0 Å². The Bertz CT molecular complexity index is 1130. The number of hydrogen-bond acceptors (Lipinski definition) is 7. The van der Waals surface area contributed by atoms with Crippen LogP contribution in [0, 0.1) is 0 Å². The van der Waals surface area contributed by atoms with Crippen molar-refractivity contribution in [1.29, 1.82) is 0 Å². The average molecular weight is 403 g/mol. The third-order valence-corrected chi connectivity index (χ3v) is 4.47. The molecule has 0 atom stereocenters. The van der Waals surface area contributed by atoms with Crippen LogP contribution in [0.25, 0.3) is 5.65 Å². The van der Waals surface area contributed by atoms with E-state index in [0.29, 0.717) is 35.9 Å². The quantitative estimate of drug-likeness (QED) is 0.466. The van der Waals surface area contributed by atoms with E-state index >= 15 is 0 Å². The first kappa shape index (κ1) is 19.3. The van der Waals surface area contributed by atoms with E-state index in [1.165, 1.54) is 0 Å². The molecule has 0 saturated carbocycles. The lowest BCUT2D eigenvalue weighted by molar-refractivity contribution is -0.116. The Kier molecular flexibility index (Phi) is 5.79. The van der Waals surface area contributed by atoms with Crippen LogP contribution in [-0.4, -0.2) is 37.8 Å². The predicted molar refractivity (Wildman–Crippen MR) is 112 cm³/mol. The molecule has 4 aromatic rings. The summed E-state index contributed by atoms with van der Waals surface area (Å²) in [6.45, 7) is 0.605. The van der Waals surface area contributed by atoms with Crippen molar-refractivity contribution in [3.8, 4) is 5.75 Å². The minimum Gasteiger partial charge on any atom is -0.497 e. The molecule has 0 aliphatic rings. The first-order chi connectivity index (χ1) is 14.7. The van der Waals surface area contributed by atoms with Gasteiger partial charge in [0.2, 0.25) is 5.91 Å². The van der Waals surface area contributed by atoms with Crippen molar-refractivity contribution < 1.29 is 9.53 Å². The smallest absolute Gasteiger partial charge is 0.224 e. The summed E-state index contributed by atoms with van der Waals surface area (Å²) in [6, 6.07) is 14.8. The van der Waals surface area contributed by atoms with Gasteiger partial charge in [0.05, 0.1) is 7.11 Å². The lowest BCUT2D eigenvalue weighted by atomic mass is 10.2. The lowest BCUT2D eigenvalue weighted by Gasteiger charge is -2.07. The molecule has 0 saturated heterocycles. The van der Waals surface area contributed by atoms with E-state index in [4.69, 9.17) is 4.74 Å². The maximum absolute atomic E-state index is 12.3. The van der Waals surface area contributed by atoms with Gasteiger partial charge in [-0.3, -0.25) is 9.78 Å². The summed E-state index contributed by atoms with van der Waals surface area (Å²) in [6.07, 6.45) is 4.23. The number of anilines is 2. The van der Waals surface area contributed by atoms with Gasteiger partial charge in [-0.2, -0.15) is 4.52 Å². The molecule has 1 aromatic carbocycles. The fourth-order valence-electron chi connectivity index (χ4n) is 2.90. The summed E-state index contributed by atoms with van der Waals surface area (Å²) in [4.78, 5) is 16.4. The molecule has 0 aliphatic heterocycles. The van der Waals surface area contributed by atoms with Gasteiger partial charge >= 0.3 is 0 Å². The minimum atomic E-state index is -0.109. The third kappa shape index (κ3) is 4.69. The Balaban J connectivity index is 1.37. The molecule has 9 nitrogen and oxygen atoms in total. The molecular formula is C21H21N7O2. The highest BCUT2D eigenvalue weighted by molar-refractivity contribution is 5.90. The van der Waals surface area contributed by atoms with Gasteiger partial charge in [-0.25, -0.2) is 0 Å². The van der Waals surface area contributed by atoms with E-state index in [1.54, 1.807) is 48.3 Å². The maximum Gasteiger partial charge on any atom is 0.224 e. The van der Waals surface area contributed by atoms with Crippen LogP contribution >= 0.6 is 0 Å². The Hall–Kier alpha value is -4.01. The van der Waals surface area contributed by atoms with Gasteiger partial charge in [-0.15, -0.1) is 15.3 Å². The number of fused-ring (bicyclic) bond motifs is 1. The highest BCUT2D eigenvalue weighted by atomic mass is 16.5. The molecule has 0 radical (unpaired) electrons. The summed E-state index contributed by atoms with van der Waals surface area (Å²) in [7, 11) is 1.60. The van der Waals surface area contributed by atoms with E-state index in [9.17, 15) is 4.79 Å². The second-order valence-electron chi connectivity index (χ2n) is 6.60. The van der Waals surface area contributed by atoms with Gasteiger partial charge in [-0.1, -0.05) is 6.07 Å². The van der Waals surface area contributed by atoms with E-state index < -0.39 is 0 Å². The number of carbonyl (C=O) groups excluding carboxylic acids is 1. The Labute approximate surface area is 173 Å². The van der Waals surface area contributed by atoms with Crippen molar-refractivity contribution in [2.75, 3.05) is 17.7 Å². The fourth-order valence-corrected chi connectivity index (χ4v) is 2.90. The van der Waals surface area contributed by atoms with Crippen LogP contribution in [0.5, 0.6) is 5.75 Å². The molecule has 4 rings (SSSR count). The zero-order chi connectivity index (χ0) is 20.8. The van der Waals surface area contributed by atoms with Crippen molar-refractivity contribution in [1.82, 2.24) is 24.8 Å². The fraction of sp³-hybridized carbons (Fsp3) is 0.190. The number of pyridine rings is 1. The number of rotatable bonds is 8. The van der Waals surface area contributed by atoms with Crippen molar-refractivity contribution >= 4 is 23.1 Å². The predicted octanol–water partition coefficient (Wildman–Crippen LogP) is 2.71. The highest BCUT2D eigenvalue weighted by Gasteiger charge is 2.11. The van der Waals surface area contributed by atoms with Crippen molar-refractivity contribution in [3.63, 3.8) is 0 Å². The van der Waals surface area contributed by atoms with Crippen LogP contribution in [0.3, 0.4) is 0 Å². The van der Waals surface area contributed by atoms with Crippen LogP contribution in [-0.2, 0) is 17.8 Å². The highest BCUT2D eigenvalue weighted by Crippen LogP contribution is 2.15. The van der Waals surface area contributed by atoms with Crippen molar-refractivity contribution in [3.05, 3.63) is 72.3 Å². The number of carbonyl (C=O) groups is 1. The van der Waals surface area contributed by atoms with Gasteiger partial charge in [0.25, 0.3) is 0 Å². The number of amides is 1. The topological polar surface area (TPSA) is 106 Å². The third-order valence-electron chi connectivity index (χ3n) is 4.47. The van der Waals surface area contributed by atoms with Crippen LogP contribution in [0.2, 0.25) is 0 Å². The zero-order valence-corrected chi connectivity index (χ0v) is 16.4. The molecule has 2 N–H and O–H groups in total. The number of aromatic nitrogens is 5. The summed E-state index contributed by atoms with van der Waals surface area (Å²) in [5.41, 5.74) is 2.40. The van der Waals surface area contributed by atoms with Gasteiger partial charge < -0.3 is 15.4 Å². The standard InChI is InChI=1S/C21H21N7O2/c1-30-17-6-4-16(5-7-17)24-21(29)11-10-20-26-25-19-9-8-18(27-28(19)20)23-14-15-3-2-12-22-13-15/h2-9,12-13H,10-11,14H2,1H3,(H,23,27)(H,24,29). The number of ether oxygens (including phenoxy) is 1. The van der Waals surface area contributed by atoms with Crippen LogP contribution in [0.1, 0.15) is 17.8 Å². The van der Waals surface area contributed by atoms with E-state index in [2.05, 4.69) is 30.9 Å². The molecule has 0 unspecified atom stereocenters. The number of methoxy groups -OCH3 is 1. The summed E-state index contributed by atoms with van der Waals surface area (Å²) < 4.78 is 6.78. The molecule has 0 aliphatic carbocycles. The summed E-state index contributed by atoms with van der Waals surface area (Å²) >= 11 is 0. The average Bonchev–Trinajstić information content (AvgIpc) is 3.20. The molecule has 0 bridgehead atoms. The normalized spacial score (nSPS) is 10.7. The molecule has 30 heavy (non-hydrogen) atoms. The number of aryl methyl sites for hydroxylation is 1. The number of hydrogen-bond donors (Lipinski definition) is 2. The zero-order valence-electron chi connectivity index (χ0n) is 16.4. The Morgan fingerprint density at radius 2 is 1.97 bits per heavy atom. The van der Waals surface area contributed by atoms with Gasteiger partial charge in [0, 0.05) is 37.5 Å². The second-order valence-corrected chi connectivity index (χ2v) is 6.60. The van der Waals surface area contributed by atoms with Gasteiger partial charge in [0.15, 0.2) is 11.5 Å². The van der Waals surface area contributed by atoms with Gasteiger partial charge in [0.1, 0.15) is 11.6 Å². The van der Waals surface area contributed by atoms with Crippen molar-refractivity contribution in [2.45, 2.75) is 19.4 Å². The number of nitrogens with zero attached hydrogens (tertiary/aromatic N) is 5. The van der Waals surface area contributed by atoms with Crippen LogP contribution in [0.15, 0.2) is 60.9 Å². The monoisotopic (exact) mass is 403 g/mol. The van der Waals surface area contributed by atoms with Crippen LogP contribution < -0.4 is 15.4 Å². The SMILES string of the molecule is COc1ccc(NC(=O)CCc2nnc3ccc(NCc4cccnc4)nn23)cc1. The molecule has 152 valence electrons. The molecule has 3 heterocycles. The van der Waals surface area contributed by atoms with E-state index in [-0.39, 0.29) is 12.3 Å². The molecule has 1 amide bonds. The van der Waals surface area contributed by atoms with E-state index in [0.717, 1.165) is 11.3 Å². The largest absolute Gasteiger partial charge is 0.497 e. The van der Waals surface area contributed by atoms with Gasteiger partial charge in [-0.05, 0) is 48.0 Å². The second kappa shape index (κ2) is 8.99. The number of benzene rings is 1. The lowest BCUT2D eigenvalue weighted by Crippen LogP contribution is -2.13. The molecule has 9 heteroatoms. The molecular weight excluding hydrogens is 382 g/mol. The Morgan fingerprint density at radius 3 is 2.73 bits per heavy atom. The number of nitrogens with one attached hydrogen (secondary N) is 2. The molecule has 0 fully saturated rings. The molecule has 0 spiro atoms. The van der Waals surface area contributed by atoms with E-state index in [1.807, 2.05) is 24.3 Å². The summed E-state index contributed by atoms with van der Waals surface area (Å²) in [5, 5.41) is 19.0. The molecule has 3 aromatic heterocycles. The Morgan fingerprint density at radius 1 is 1.10 bits per heavy atom. The summed E-state index contributed by atoms with van der Waals surface area (Å²) in [5.74, 6) is 1.94. The maximum atomic E-state index is 12.3.